The van der Waals surface area contributed by atoms with Crippen LogP contribution >= 0.6 is 0 Å². The lowest BCUT2D eigenvalue weighted by molar-refractivity contribution is -0.133. The summed E-state index contributed by atoms with van der Waals surface area (Å²) in [7, 11) is 0. The lowest BCUT2D eigenvalue weighted by Gasteiger charge is -2.35. The molecule has 0 atom stereocenters. The van der Waals surface area contributed by atoms with Crippen LogP contribution in [-0.2, 0) is 9.59 Å². The Morgan fingerprint density at radius 2 is 1.95 bits per heavy atom. The molecule has 2 rings (SSSR count). The zero-order chi connectivity index (χ0) is 15.8. The van der Waals surface area contributed by atoms with Crippen molar-refractivity contribution in [2.75, 3.05) is 37.6 Å². The highest BCUT2D eigenvalue weighted by atomic mass is 16.2. The largest absolute Gasteiger partial charge is 0.356 e. The number of piperazine rings is 1. The Morgan fingerprint density at radius 3 is 2.59 bits per heavy atom. The molecule has 1 aliphatic rings. The average molecular weight is 304 g/mol. The minimum Gasteiger partial charge on any atom is -0.356 e. The van der Waals surface area contributed by atoms with Gasteiger partial charge in [-0.25, -0.2) is 4.98 Å². The number of pyridine rings is 1. The number of rotatable bonds is 6. The molecule has 1 fully saturated rings. The Morgan fingerprint density at radius 1 is 1.18 bits per heavy atom. The fourth-order valence-corrected chi connectivity index (χ4v) is 2.46. The second-order valence-corrected chi connectivity index (χ2v) is 5.41. The maximum absolute atomic E-state index is 12.1. The number of hydrogen-bond donors (Lipinski definition) is 1. The molecule has 2 heterocycles. The molecule has 0 spiro atoms. The summed E-state index contributed by atoms with van der Waals surface area (Å²) in [5.41, 5.74) is 0. The molecule has 6 nitrogen and oxygen atoms in total. The van der Waals surface area contributed by atoms with Crippen LogP contribution < -0.4 is 10.2 Å². The molecule has 0 aromatic carbocycles. The van der Waals surface area contributed by atoms with Gasteiger partial charge in [0.2, 0.25) is 11.8 Å². The molecular formula is C16H24N4O2. The number of hydrogen-bond acceptors (Lipinski definition) is 4. The van der Waals surface area contributed by atoms with Crippen molar-refractivity contribution in [2.45, 2.75) is 26.2 Å². The summed E-state index contributed by atoms with van der Waals surface area (Å²) in [6, 6.07) is 5.84. The van der Waals surface area contributed by atoms with Gasteiger partial charge in [-0.05, 0) is 18.6 Å². The van der Waals surface area contributed by atoms with Crippen LogP contribution in [0.15, 0.2) is 24.4 Å². The van der Waals surface area contributed by atoms with Gasteiger partial charge in [0.15, 0.2) is 0 Å². The molecule has 0 aliphatic carbocycles. The van der Waals surface area contributed by atoms with Gasteiger partial charge in [0.25, 0.3) is 0 Å². The first-order valence-corrected chi connectivity index (χ1v) is 7.91. The summed E-state index contributed by atoms with van der Waals surface area (Å²) in [6.45, 7) is 5.62. The van der Waals surface area contributed by atoms with E-state index in [1.54, 1.807) is 6.20 Å². The lowest BCUT2D eigenvalue weighted by Crippen LogP contribution is -2.49. The predicted octanol–water partition coefficient (Wildman–Crippen LogP) is 1.04. The quantitative estimate of drug-likeness (QED) is 0.853. The Labute approximate surface area is 131 Å². The molecule has 1 aliphatic heterocycles. The summed E-state index contributed by atoms with van der Waals surface area (Å²) >= 11 is 0. The SMILES string of the molecule is CCCNC(=O)CCC(=O)N1CCN(c2ccccn2)CC1. The summed E-state index contributed by atoms with van der Waals surface area (Å²) < 4.78 is 0. The van der Waals surface area contributed by atoms with E-state index in [2.05, 4.69) is 15.2 Å². The summed E-state index contributed by atoms with van der Waals surface area (Å²) in [5.74, 6) is 0.975. The van der Waals surface area contributed by atoms with Crippen LogP contribution in [0.25, 0.3) is 0 Å². The monoisotopic (exact) mass is 304 g/mol. The molecule has 1 N–H and O–H groups in total. The molecule has 0 bridgehead atoms. The van der Waals surface area contributed by atoms with Crippen molar-refractivity contribution in [3.8, 4) is 0 Å². The second kappa shape index (κ2) is 8.36. The van der Waals surface area contributed by atoms with Gasteiger partial charge in [0.05, 0.1) is 0 Å². The molecule has 0 radical (unpaired) electrons. The van der Waals surface area contributed by atoms with Crippen molar-refractivity contribution in [3.63, 3.8) is 0 Å². The van der Waals surface area contributed by atoms with E-state index in [-0.39, 0.29) is 18.2 Å². The Balaban J connectivity index is 1.72. The van der Waals surface area contributed by atoms with Crippen LogP contribution in [0.5, 0.6) is 0 Å². The standard InChI is InChI=1S/C16H24N4O2/c1-2-8-18-15(21)6-7-16(22)20-12-10-19(11-13-20)14-5-3-4-9-17-14/h3-5,9H,2,6-8,10-13H2,1H3,(H,18,21). The van der Waals surface area contributed by atoms with E-state index in [1.165, 1.54) is 0 Å². The van der Waals surface area contributed by atoms with Crippen molar-refractivity contribution in [3.05, 3.63) is 24.4 Å². The molecule has 0 saturated carbocycles. The molecule has 6 heteroatoms. The van der Waals surface area contributed by atoms with Crippen LogP contribution in [0.3, 0.4) is 0 Å². The third-order valence-electron chi connectivity index (χ3n) is 3.74. The zero-order valence-electron chi connectivity index (χ0n) is 13.1. The molecular weight excluding hydrogens is 280 g/mol. The fraction of sp³-hybridized carbons (Fsp3) is 0.562. The van der Waals surface area contributed by atoms with E-state index in [4.69, 9.17) is 0 Å². The Kier molecular flexibility index (Phi) is 6.18. The first kappa shape index (κ1) is 16.3. The van der Waals surface area contributed by atoms with Crippen LogP contribution in [0.2, 0.25) is 0 Å². The van der Waals surface area contributed by atoms with Gasteiger partial charge in [0, 0.05) is 51.8 Å². The second-order valence-electron chi connectivity index (χ2n) is 5.41. The smallest absolute Gasteiger partial charge is 0.223 e. The summed E-state index contributed by atoms with van der Waals surface area (Å²) in [5, 5.41) is 2.79. The maximum Gasteiger partial charge on any atom is 0.223 e. The minimum absolute atomic E-state index is 0.0395. The van der Waals surface area contributed by atoms with E-state index < -0.39 is 0 Å². The summed E-state index contributed by atoms with van der Waals surface area (Å²) in [4.78, 5) is 32.0. The van der Waals surface area contributed by atoms with Crippen LogP contribution in [-0.4, -0.2) is 54.4 Å². The molecule has 1 saturated heterocycles. The normalized spacial score (nSPS) is 14.8. The molecule has 1 aromatic rings. The van der Waals surface area contributed by atoms with Gasteiger partial charge in [-0.1, -0.05) is 13.0 Å². The first-order valence-electron chi connectivity index (χ1n) is 7.91. The molecule has 22 heavy (non-hydrogen) atoms. The average Bonchev–Trinajstić information content (AvgIpc) is 2.58. The van der Waals surface area contributed by atoms with Crippen molar-refractivity contribution in [1.29, 1.82) is 0 Å². The van der Waals surface area contributed by atoms with Gasteiger partial charge in [0.1, 0.15) is 5.82 Å². The third kappa shape index (κ3) is 4.72. The number of carbonyl (C=O) groups excluding carboxylic acids is 2. The highest BCUT2D eigenvalue weighted by molar-refractivity contribution is 5.83. The number of nitrogens with one attached hydrogen (secondary N) is 1. The Hall–Kier alpha value is -2.11. The number of anilines is 1. The van der Waals surface area contributed by atoms with Gasteiger partial charge >= 0.3 is 0 Å². The van der Waals surface area contributed by atoms with Crippen LogP contribution in [0.4, 0.5) is 5.82 Å². The van der Waals surface area contributed by atoms with Crippen LogP contribution in [0, 0.1) is 0 Å². The minimum atomic E-state index is -0.0395. The van der Waals surface area contributed by atoms with Crippen LogP contribution in [0.1, 0.15) is 26.2 Å². The molecule has 120 valence electrons. The van der Waals surface area contributed by atoms with Gasteiger partial charge < -0.3 is 15.1 Å². The van der Waals surface area contributed by atoms with Gasteiger partial charge in [-0.2, -0.15) is 0 Å². The topological polar surface area (TPSA) is 65.5 Å². The van der Waals surface area contributed by atoms with E-state index in [9.17, 15) is 9.59 Å². The number of amides is 2. The first-order chi connectivity index (χ1) is 10.7. The van der Waals surface area contributed by atoms with Crippen molar-refractivity contribution in [2.24, 2.45) is 0 Å². The predicted molar refractivity (Wildman–Crippen MR) is 85.6 cm³/mol. The maximum atomic E-state index is 12.1. The summed E-state index contributed by atoms with van der Waals surface area (Å²) in [6.07, 6.45) is 3.26. The van der Waals surface area contributed by atoms with Crippen molar-refractivity contribution in [1.82, 2.24) is 15.2 Å². The highest BCUT2D eigenvalue weighted by Gasteiger charge is 2.21. The third-order valence-corrected chi connectivity index (χ3v) is 3.74. The number of nitrogens with zero attached hydrogens (tertiary/aromatic N) is 3. The van der Waals surface area contributed by atoms with E-state index in [1.807, 2.05) is 30.0 Å². The molecule has 0 unspecified atom stereocenters. The van der Waals surface area contributed by atoms with Crippen molar-refractivity contribution < 1.29 is 9.59 Å². The fourth-order valence-electron chi connectivity index (χ4n) is 2.46. The van der Waals surface area contributed by atoms with Gasteiger partial charge in [-0.3, -0.25) is 9.59 Å². The van der Waals surface area contributed by atoms with E-state index in [0.717, 1.165) is 25.3 Å². The number of aromatic nitrogens is 1. The lowest BCUT2D eigenvalue weighted by atomic mass is 10.2. The van der Waals surface area contributed by atoms with Crippen molar-refractivity contribution >= 4 is 17.6 Å². The zero-order valence-corrected chi connectivity index (χ0v) is 13.1. The number of carbonyl (C=O) groups is 2. The van der Waals surface area contributed by atoms with E-state index in [0.29, 0.717) is 26.1 Å². The van der Waals surface area contributed by atoms with E-state index >= 15 is 0 Å². The molecule has 1 aromatic heterocycles. The van der Waals surface area contributed by atoms with Gasteiger partial charge in [-0.15, -0.1) is 0 Å². The highest BCUT2D eigenvalue weighted by Crippen LogP contribution is 2.13. The molecule has 2 amide bonds. The Bertz CT molecular complexity index is 484.